The van der Waals surface area contributed by atoms with Crippen molar-refractivity contribution in [2.45, 2.75) is 44.4 Å². The van der Waals surface area contributed by atoms with Gasteiger partial charge < -0.3 is 20.1 Å². The average molecular weight is 502 g/mol. The van der Waals surface area contributed by atoms with Gasteiger partial charge in [0.05, 0.1) is 41.4 Å². The third kappa shape index (κ3) is 6.47. The van der Waals surface area contributed by atoms with Gasteiger partial charge in [0.2, 0.25) is 10.0 Å². The number of hydrogen-bond donors (Lipinski definition) is 2. The number of amides is 1. The van der Waals surface area contributed by atoms with Crippen molar-refractivity contribution in [2.24, 2.45) is 0 Å². The summed E-state index contributed by atoms with van der Waals surface area (Å²) < 4.78 is 32.9. The van der Waals surface area contributed by atoms with E-state index in [0.29, 0.717) is 13.1 Å². The number of β-amino-alcohol motifs (C(OH)–C–C–N with tert-alkyl or cyclic N) is 1. The Morgan fingerprint density at radius 3 is 2.42 bits per heavy atom. The summed E-state index contributed by atoms with van der Waals surface area (Å²) >= 11 is 6.30. The van der Waals surface area contributed by atoms with Crippen molar-refractivity contribution in [1.29, 1.82) is 0 Å². The van der Waals surface area contributed by atoms with Crippen molar-refractivity contribution < 1.29 is 27.9 Å². The highest BCUT2D eigenvalue weighted by Gasteiger charge is 2.35. The van der Waals surface area contributed by atoms with Gasteiger partial charge in [0.15, 0.2) is 0 Å². The van der Waals surface area contributed by atoms with Crippen LogP contribution in [0, 0.1) is 0 Å². The summed E-state index contributed by atoms with van der Waals surface area (Å²) in [5.41, 5.74) is 0.202. The van der Waals surface area contributed by atoms with Gasteiger partial charge >= 0.3 is 5.97 Å². The molecule has 0 saturated carbocycles. The van der Waals surface area contributed by atoms with E-state index in [1.807, 2.05) is 13.8 Å². The van der Waals surface area contributed by atoms with Gasteiger partial charge in [-0.3, -0.25) is 4.79 Å². The number of unbranched alkanes of at least 4 members (excludes halogenated alkanes) is 2. The van der Waals surface area contributed by atoms with Gasteiger partial charge in [-0.05, 0) is 31.0 Å². The molecule has 0 aliphatic carbocycles. The molecule has 0 aromatic heterocycles. The predicted molar refractivity (Wildman–Crippen MR) is 126 cm³/mol. The molecule has 9 nitrogen and oxygen atoms in total. The molecule has 0 saturated heterocycles. The highest BCUT2D eigenvalue weighted by molar-refractivity contribution is 7.89. The van der Waals surface area contributed by atoms with Crippen LogP contribution < -0.4 is 5.32 Å². The number of anilines is 1. The number of esters is 1. The zero-order chi connectivity index (χ0) is 24.6. The minimum atomic E-state index is -3.79. The molecule has 33 heavy (non-hydrogen) atoms. The van der Waals surface area contributed by atoms with E-state index in [0.717, 1.165) is 25.7 Å². The molecule has 0 fully saturated rings. The largest absolute Gasteiger partial charge is 0.466 e. The van der Waals surface area contributed by atoms with Gasteiger partial charge in [-0.2, -0.15) is 4.31 Å². The quantitative estimate of drug-likeness (QED) is 0.399. The minimum absolute atomic E-state index is 0.0359. The SMILES string of the molecule is CCCCN(CCCC)S(=O)(=O)c1ccc(Cl)c(NC2=C(C(=O)OC)CN(CCO)C2=O)c1. The summed E-state index contributed by atoms with van der Waals surface area (Å²) in [7, 11) is -2.59. The average Bonchev–Trinajstić information content (AvgIpc) is 3.10. The fraction of sp³-hybridized carbons (Fsp3) is 0.545. The van der Waals surface area contributed by atoms with Crippen LogP contribution in [-0.2, 0) is 24.3 Å². The molecule has 0 bridgehead atoms. The Hall–Kier alpha value is -2.14. The van der Waals surface area contributed by atoms with Crippen LogP contribution in [0.4, 0.5) is 5.69 Å². The number of aliphatic hydroxyl groups excluding tert-OH is 1. The molecule has 2 N–H and O–H groups in total. The van der Waals surface area contributed by atoms with Gasteiger partial charge in [0, 0.05) is 19.6 Å². The molecule has 1 aromatic rings. The zero-order valence-electron chi connectivity index (χ0n) is 19.3. The summed E-state index contributed by atoms with van der Waals surface area (Å²) in [6.07, 6.45) is 3.21. The first kappa shape index (κ1) is 27.1. The maximum absolute atomic E-state index is 13.3. The molecule has 184 valence electrons. The van der Waals surface area contributed by atoms with Crippen LogP contribution in [0.5, 0.6) is 0 Å². The standard InChI is InChI=1S/C22H32ClN3O6S/c1-4-6-10-26(11-7-5-2)33(30,31)16-8-9-18(23)19(14-16)24-20-17(22(29)32-3)15-25(12-13-27)21(20)28/h8-9,14,24,27H,4-7,10-13,15H2,1-3H3. The minimum Gasteiger partial charge on any atom is -0.466 e. The number of benzene rings is 1. The number of sulfonamides is 1. The Morgan fingerprint density at radius 1 is 1.24 bits per heavy atom. The number of carbonyl (C=O) groups is 2. The molecule has 1 aromatic carbocycles. The third-order valence-corrected chi connectivity index (χ3v) is 7.54. The lowest BCUT2D eigenvalue weighted by Crippen LogP contribution is -2.33. The van der Waals surface area contributed by atoms with E-state index < -0.39 is 21.9 Å². The lowest BCUT2D eigenvalue weighted by atomic mass is 10.2. The topological polar surface area (TPSA) is 116 Å². The first-order valence-corrected chi connectivity index (χ1v) is 12.8. The van der Waals surface area contributed by atoms with Gasteiger partial charge in [0.1, 0.15) is 5.70 Å². The maximum atomic E-state index is 13.3. The first-order chi connectivity index (χ1) is 15.7. The smallest absolute Gasteiger partial charge is 0.337 e. The van der Waals surface area contributed by atoms with Crippen LogP contribution >= 0.6 is 11.6 Å². The molecule has 1 aliphatic rings. The summed E-state index contributed by atoms with van der Waals surface area (Å²) in [5, 5.41) is 12.2. The summed E-state index contributed by atoms with van der Waals surface area (Å²) in [4.78, 5) is 26.3. The Balaban J connectivity index is 2.42. The molecule has 0 atom stereocenters. The molecule has 0 spiro atoms. The molecule has 2 rings (SSSR count). The molecule has 1 amide bonds. The number of carbonyl (C=O) groups excluding carboxylic acids is 2. The lowest BCUT2D eigenvalue weighted by molar-refractivity contribution is -0.136. The number of halogens is 1. The highest BCUT2D eigenvalue weighted by atomic mass is 35.5. The molecule has 0 unspecified atom stereocenters. The summed E-state index contributed by atoms with van der Waals surface area (Å²) in [6.45, 7) is 4.56. The van der Waals surface area contributed by atoms with E-state index in [2.05, 4.69) is 5.32 Å². The summed E-state index contributed by atoms with van der Waals surface area (Å²) in [5.74, 6) is -1.21. The van der Waals surface area contributed by atoms with Crippen molar-refractivity contribution in [1.82, 2.24) is 9.21 Å². The predicted octanol–water partition coefficient (Wildman–Crippen LogP) is 2.60. The summed E-state index contributed by atoms with van der Waals surface area (Å²) in [6, 6.07) is 4.24. The van der Waals surface area contributed by atoms with Crippen LogP contribution in [0.2, 0.25) is 5.02 Å². The van der Waals surface area contributed by atoms with Crippen molar-refractivity contribution in [3.63, 3.8) is 0 Å². The van der Waals surface area contributed by atoms with E-state index in [4.69, 9.17) is 16.3 Å². The molecular weight excluding hydrogens is 470 g/mol. The number of methoxy groups -OCH3 is 1. The van der Waals surface area contributed by atoms with Crippen molar-refractivity contribution in [2.75, 3.05) is 45.2 Å². The van der Waals surface area contributed by atoms with Gasteiger partial charge in [0.25, 0.3) is 5.91 Å². The van der Waals surface area contributed by atoms with Crippen molar-refractivity contribution >= 4 is 39.2 Å². The Morgan fingerprint density at radius 2 is 1.88 bits per heavy atom. The number of ether oxygens (including phenoxy) is 1. The molecular formula is C22H32ClN3O6S. The van der Waals surface area contributed by atoms with Crippen LogP contribution in [0.3, 0.4) is 0 Å². The third-order valence-electron chi connectivity index (χ3n) is 5.31. The number of nitrogens with one attached hydrogen (secondary N) is 1. The number of rotatable bonds is 13. The monoisotopic (exact) mass is 501 g/mol. The number of nitrogens with zero attached hydrogens (tertiary/aromatic N) is 2. The van der Waals surface area contributed by atoms with Crippen LogP contribution in [0.1, 0.15) is 39.5 Å². The lowest BCUT2D eigenvalue weighted by Gasteiger charge is -2.22. The van der Waals surface area contributed by atoms with Gasteiger partial charge in [-0.1, -0.05) is 38.3 Å². The van der Waals surface area contributed by atoms with E-state index in [-0.39, 0.29) is 46.6 Å². The van der Waals surface area contributed by atoms with Gasteiger partial charge in [-0.15, -0.1) is 0 Å². The van der Waals surface area contributed by atoms with E-state index in [1.165, 1.54) is 34.5 Å². The maximum Gasteiger partial charge on any atom is 0.337 e. The van der Waals surface area contributed by atoms with E-state index in [1.54, 1.807) is 0 Å². The Labute approximate surface area is 200 Å². The fourth-order valence-electron chi connectivity index (χ4n) is 3.41. The molecule has 1 aliphatic heterocycles. The first-order valence-electron chi connectivity index (χ1n) is 11.0. The fourth-order valence-corrected chi connectivity index (χ4v) is 5.12. The van der Waals surface area contributed by atoms with E-state index in [9.17, 15) is 23.1 Å². The molecule has 0 radical (unpaired) electrons. The van der Waals surface area contributed by atoms with Crippen molar-refractivity contribution in [3.05, 3.63) is 34.5 Å². The molecule has 1 heterocycles. The van der Waals surface area contributed by atoms with Crippen molar-refractivity contribution in [3.8, 4) is 0 Å². The normalized spacial score (nSPS) is 14.4. The molecule has 11 heteroatoms. The second kappa shape index (κ2) is 12.4. The Bertz CT molecular complexity index is 988. The second-order valence-corrected chi connectivity index (χ2v) is 10.0. The van der Waals surface area contributed by atoms with Crippen LogP contribution in [-0.4, -0.2) is 74.5 Å². The number of aliphatic hydroxyl groups is 1. The second-order valence-electron chi connectivity index (χ2n) is 7.67. The number of hydrogen-bond acceptors (Lipinski definition) is 7. The highest BCUT2D eigenvalue weighted by Crippen LogP contribution is 2.31. The zero-order valence-corrected chi connectivity index (χ0v) is 20.8. The van der Waals surface area contributed by atoms with E-state index >= 15 is 0 Å². The Kier molecular flexibility index (Phi) is 10.2. The van der Waals surface area contributed by atoms with Crippen LogP contribution in [0.15, 0.2) is 34.4 Å². The van der Waals surface area contributed by atoms with Crippen LogP contribution in [0.25, 0.3) is 0 Å². The van der Waals surface area contributed by atoms with Gasteiger partial charge in [-0.25, -0.2) is 13.2 Å².